The van der Waals surface area contributed by atoms with E-state index in [2.05, 4.69) is 5.32 Å². The first-order chi connectivity index (χ1) is 5.85. The summed E-state index contributed by atoms with van der Waals surface area (Å²) in [6.07, 6.45) is 6.40. The van der Waals surface area contributed by atoms with Gasteiger partial charge in [-0.1, -0.05) is 0 Å². The molecule has 0 aromatic carbocycles. The van der Waals surface area contributed by atoms with Crippen molar-refractivity contribution in [1.82, 2.24) is 5.32 Å². The van der Waals surface area contributed by atoms with Gasteiger partial charge < -0.3 is 10.1 Å². The van der Waals surface area contributed by atoms with Crippen molar-refractivity contribution in [3.63, 3.8) is 0 Å². The molecule has 1 amide bonds. The van der Waals surface area contributed by atoms with Gasteiger partial charge in [-0.3, -0.25) is 4.79 Å². The Morgan fingerprint density at radius 2 is 2.42 bits per heavy atom. The fourth-order valence-electron chi connectivity index (χ4n) is 2.44. The zero-order valence-corrected chi connectivity index (χ0v) is 7.21. The minimum atomic E-state index is 0.140. The average molecular weight is 169 g/mol. The number of hydrogen-bond donors (Lipinski definition) is 1. The molecule has 0 aromatic rings. The molecule has 1 saturated carbocycles. The maximum Gasteiger partial charge on any atom is 0.207 e. The number of amides is 1. The SMILES string of the molecule is O=CNC1CCC2(CCCO2)C1. The highest BCUT2D eigenvalue weighted by atomic mass is 16.5. The molecule has 1 N–H and O–H groups in total. The maximum absolute atomic E-state index is 10.2. The third kappa shape index (κ3) is 1.33. The lowest BCUT2D eigenvalue weighted by atomic mass is 9.98. The summed E-state index contributed by atoms with van der Waals surface area (Å²) in [5.74, 6) is 0. The van der Waals surface area contributed by atoms with Gasteiger partial charge in [-0.15, -0.1) is 0 Å². The smallest absolute Gasteiger partial charge is 0.207 e. The van der Waals surface area contributed by atoms with E-state index in [4.69, 9.17) is 4.74 Å². The molecular formula is C9H15NO2. The zero-order chi connectivity index (χ0) is 8.44. The number of ether oxygens (including phenoxy) is 1. The van der Waals surface area contributed by atoms with Gasteiger partial charge in [0.05, 0.1) is 5.60 Å². The molecule has 1 aliphatic heterocycles. The molecule has 68 valence electrons. The predicted molar refractivity (Wildman–Crippen MR) is 44.8 cm³/mol. The summed E-state index contributed by atoms with van der Waals surface area (Å²) in [6.45, 7) is 0.911. The normalized spacial score (nSPS) is 40.5. The van der Waals surface area contributed by atoms with Crippen LogP contribution in [-0.2, 0) is 9.53 Å². The monoisotopic (exact) mass is 169 g/mol. The zero-order valence-electron chi connectivity index (χ0n) is 7.21. The lowest BCUT2D eigenvalue weighted by Gasteiger charge is -2.21. The Kier molecular flexibility index (Phi) is 2.05. The van der Waals surface area contributed by atoms with Crippen LogP contribution in [0.25, 0.3) is 0 Å². The van der Waals surface area contributed by atoms with Gasteiger partial charge >= 0.3 is 0 Å². The molecule has 0 bridgehead atoms. The molecule has 1 saturated heterocycles. The Morgan fingerprint density at radius 1 is 1.50 bits per heavy atom. The van der Waals surface area contributed by atoms with Crippen LogP contribution < -0.4 is 5.32 Å². The Bertz CT molecular complexity index is 175. The van der Waals surface area contributed by atoms with Crippen molar-refractivity contribution in [1.29, 1.82) is 0 Å². The third-order valence-electron chi connectivity index (χ3n) is 3.06. The van der Waals surface area contributed by atoms with E-state index in [1.807, 2.05) is 0 Å². The number of nitrogens with one attached hydrogen (secondary N) is 1. The molecule has 0 aromatic heterocycles. The minimum absolute atomic E-state index is 0.140. The molecule has 3 nitrogen and oxygen atoms in total. The van der Waals surface area contributed by atoms with Crippen LogP contribution in [0.3, 0.4) is 0 Å². The average Bonchev–Trinajstić information content (AvgIpc) is 2.65. The largest absolute Gasteiger partial charge is 0.375 e. The fraction of sp³-hybridized carbons (Fsp3) is 0.889. The summed E-state index contributed by atoms with van der Waals surface area (Å²) in [6, 6.07) is 0.362. The van der Waals surface area contributed by atoms with Crippen molar-refractivity contribution < 1.29 is 9.53 Å². The lowest BCUT2D eigenvalue weighted by Crippen LogP contribution is -2.30. The van der Waals surface area contributed by atoms with Gasteiger partial charge in [-0.05, 0) is 32.1 Å². The van der Waals surface area contributed by atoms with Gasteiger partial charge in [0.15, 0.2) is 0 Å². The van der Waals surface area contributed by atoms with Crippen LogP contribution >= 0.6 is 0 Å². The quantitative estimate of drug-likeness (QED) is 0.622. The van der Waals surface area contributed by atoms with E-state index in [0.717, 1.165) is 32.3 Å². The molecule has 2 aliphatic rings. The minimum Gasteiger partial charge on any atom is -0.375 e. The second-order valence-corrected chi connectivity index (χ2v) is 3.86. The van der Waals surface area contributed by atoms with Crippen LogP contribution in [0.4, 0.5) is 0 Å². The summed E-state index contributed by atoms with van der Waals surface area (Å²) in [5.41, 5.74) is 0.140. The van der Waals surface area contributed by atoms with Crippen LogP contribution in [0.2, 0.25) is 0 Å². The second kappa shape index (κ2) is 3.05. The summed E-state index contributed by atoms with van der Waals surface area (Å²) in [4.78, 5) is 10.2. The van der Waals surface area contributed by atoms with Gasteiger partial charge in [0.1, 0.15) is 0 Å². The highest BCUT2D eigenvalue weighted by Crippen LogP contribution is 2.40. The van der Waals surface area contributed by atoms with Crippen molar-refractivity contribution in [2.45, 2.75) is 43.7 Å². The fourth-order valence-corrected chi connectivity index (χ4v) is 2.44. The van der Waals surface area contributed by atoms with Gasteiger partial charge in [0, 0.05) is 12.6 Å². The van der Waals surface area contributed by atoms with E-state index in [1.165, 1.54) is 12.8 Å². The van der Waals surface area contributed by atoms with Gasteiger partial charge in [-0.25, -0.2) is 0 Å². The Morgan fingerprint density at radius 3 is 3.08 bits per heavy atom. The topological polar surface area (TPSA) is 38.3 Å². The van der Waals surface area contributed by atoms with E-state index >= 15 is 0 Å². The Balaban J connectivity index is 1.91. The molecule has 2 fully saturated rings. The van der Waals surface area contributed by atoms with Crippen molar-refractivity contribution in [3.05, 3.63) is 0 Å². The standard InChI is InChI=1S/C9H15NO2/c11-7-10-8-2-4-9(6-8)3-1-5-12-9/h7-8H,1-6H2,(H,10,11). The molecular weight excluding hydrogens is 154 g/mol. The van der Waals surface area contributed by atoms with Gasteiger partial charge in [-0.2, -0.15) is 0 Å². The van der Waals surface area contributed by atoms with Crippen LogP contribution in [-0.4, -0.2) is 24.7 Å². The predicted octanol–water partition coefficient (Wildman–Crippen LogP) is 0.834. The number of hydrogen-bond acceptors (Lipinski definition) is 2. The molecule has 0 radical (unpaired) electrons. The third-order valence-corrected chi connectivity index (χ3v) is 3.06. The van der Waals surface area contributed by atoms with Crippen LogP contribution in [0, 0.1) is 0 Å². The number of rotatable bonds is 2. The molecule has 1 spiro atoms. The highest BCUT2D eigenvalue weighted by Gasteiger charge is 2.42. The molecule has 12 heavy (non-hydrogen) atoms. The van der Waals surface area contributed by atoms with E-state index in [0.29, 0.717) is 6.04 Å². The van der Waals surface area contributed by atoms with Gasteiger partial charge in [0.2, 0.25) is 6.41 Å². The maximum atomic E-state index is 10.2. The summed E-state index contributed by atoms with van der Waals surface area (Å²) >= 11 is 0. The number of carbonyl (C=O) groups is 1. The molecule has 3 heteroatoms. The van der Waals surface area contributed by atoms with Crippen LogP contribution in [0.1, 0.15) is 32.1 Å². The second-order valence-electron chi connectivity index (χ2n) is 3.86. The molecule has 2 rings (SSSR count). The van der Waals surface area contributed by atoms with E-state index in [1.54, 1.807) is 0 Å². The summed E-state index contributed by atoms with van der Waals surface area (Å²) < 4.78 is 5.72. The summed E-state index contributed by atoms with van der Waals surface area (Å²) in [5, 5.41) is 2.84. The molecule has 2 unspecified atom stereocenters. The Labute approximate surface area is 72.5 Å². The Hall–Kier alpha value is -0.570. The number of carbonyl (C=O) groups excluding carboxylic acids is 1. The molecule has 1 heterocycles. The molecule has 2 atom stereocenters. The van der Waals surface area contributed by atoms with Crippen molar-refractivity contribution in [2.75, 3.05) is 6.61 Å². The first kappa shape index (κ1) is 8.05. The first-order valence-corrected chi connectivity index (χ1v) is 4.68. The van der Waals surface area contributed by atoms with E-state index in [-0.39, 0.29) is 5.60 Å². The van der Waals surface area contributed by atoms with Crippen molar-refractivity contribution >= 4 is 6.41 Å². The lowest BCUT2D eigenvalue weighted by molar-refractivity contribution is -0.110. The van der Waals surface area contributed by atoms with Crippen LogP contribution in [0.15, 0.2) is 0 Å². The first-order valence-electron chi connectivity index (χ1n) is 4.68. The van der Waals surface area contributed by atoms with Crippen molar-refractivity contribution in [3.8, 4) is 0 Å². The molecule has 1 aliphatic carbocycles. The van der Waals surface area contributed by atoms with Crippen LogP contribution in [0.5, 0.6) is 0 Å². The van der Waals surface area contributed by atoms with Gasteiger partial charge in [0.25, 0.3) is 0 Å². The van der Waals surface area contributed by atoms with Crippen molar-refractivity contribution in [2.24, 2.45) is 0 Å². The highest BCUT2D eigenvalue weighted by molar-refractivity contribution is 5.46. The van der Waals surface area contributed by atoms with E-state index in [9.17, 15) is 4.79 Å². The van der Waals surface area contributed by atoms with E-state index < -0.39 is 0 Å². The summed E-state index contributed by atoms with van der Waals surface area (Å²) in [7, 11) is 0.